The largest absolute Gasteiger partial charge is 0.481 e. The SMILES string of the molecule is CCC(CC)(CC(=O)O)C(=O)NN(c1ccccc1)N(NC(=O)C(CC)(CC)CC(=O)O)c1ccccc1. The maximum Gasteiger partial charge on any atom is 0.304 e. The highest BCUT2D eigenvalue weighted by Crippen LogP contribution is 2.33. The molecule has 38 heavy (non-hydrogen) atoms. The molecule has 10 nitrogen and oxygen atoms in total. The Labute approximate surface area is 223 Å². The summed E-state index contributed by atoms with van der Waals surface area (Å²) in [6.45, 7) is 7.05. The maximum atomic E-state index is 13.7. The molecule has 2 aromatic rings. The zero-order chi connectivity index (χ0) is 28.3. The summed E-state index contributed by atoms with van der Waals surface area (Å²) in [5.41, 5.74) is 4.27. The number of aliphatic carboxylic acids is 2. The average molecular weight is 527 g/mol. The van der Waals surface area contributed by atoms with Crippen LogP contribution in [0, 0.1) is 10.8 Å². The number of para-hydroxylation sites is 2. The molecule has 0 bridgehead atoms. The van der Waals surface area contributed by atoms with Gasteiger partial charge < -0.3 is 10.2 Å². The van der Waals surface area contributed by atoms with Gasteiger partial charge in [-0.2, -0.15) is 10.2 Å². The van der Waals surface area contributed by atoms with Crippen LogP contribution in [-0.2, 0) is 19.2 Å². The van der Waals surface area contributed by atoms with E-state index in [-0.39, 0.29) is 38.5 Å². The number of anilines is 2. The van der Waals surface area contributed by atoms with Gasteiger partial charge >= 0.3 is 11.9 Å². The molecule has 0 unspecified atom stereocenters. The second kappa shape index (κ2) is 13.5. The van der Waals surface area contributed by atoms with Gasteiger partial charge in [-0.3, -0.25) is 19.2 Å². The number of carbonyl (C=O) groups excluding carboxylic acids is 2. The van der Waals surface area contributed by atoms with Gasteiger partial charge in [0.1, 0.15) is 0 Å². The van der Waals surface area contributed by atoms with Crippen LogP contribution in [0.5, 0.6) is 0 Å². The minimum atomic E-state index is -1.19. The second-order valence-electron chi connectivity index (χ2n) is 9.29. The van der Waals surface area contributed by atoms with Gasteiger partial charge in [-0.25, -0.2) is 10.9 Å². The molecule has 0 saturated heterocycles. The number of nitrogens with one attached hydrogen (secondary N) is 2. The van der Waals surface area contributed by atoms with Gasteiger partial charge in [0.25, 0.3) is 0 Å². The van der Waals surface area contributed by atoms with Crippen molar-refractivity contribution in [1.29, 1.82) is 0 Å². The van der Waals surface area contributed by atoms with E-state index in [4.69, 9.17) is 0 Å². The highest BCUT2D eigenvalue weighted by molar-refractivity contribution is 5.90. The molecule has 0 fully saturated rings. The van der Waals surface area contributed by atoms with Crippen molar-refractivity contribution in [3.8, 4) is 0 Å². The van der Waals surface area contributed by atoms with Crippen LogP contribution in [0.1, 0.15) is 66.2 Å². The van der Waals surface area contributed by atoms with Crippen molar-refractivity contribution in [2.24, 2.45) is 10.8 Å². The Balaban J connectivity index is 2.63. The van der Waals surface area contributed by atoms with Crippen LogP contribution >= 0.6 is 0 Å². The Morgan fingerprint density at radius 1 is 0.605 bits per heavy atom. The first-order valence-electron chi connectivity index (χ1n) is 12.8. The molecule has 206 valence electrons. The predicted octanol–water partition coefficient (Wildman–Crippen LogP) is 4.54. The van der Waals surface area contributed by atoms with E-state index >= 15 is 0 Å². The number of amides is 2. The average Bonchev–Trinajstić information content (AvgIpc) is 2.92. The number of benzene rings is 2. The van der Waals surface area contributed by atoms with E-state index in [1.807, 2.05) is 0 Å². The van der Waals surface area contributed by atoms with Gasteiger partial charge in [0.15, 0.2) is 0 Å². The third kappa shape index (κ3) is 7.02. The predicted molar refractivity (Wildman–Crippen MR) is 145 cm³/mol. The van der Waals surface area contributed by atoms with Crippen LogP contribution in [0.15, 0.2) is 60.7 Å². The molecule has 0 atom stereocenters. The standard InChI is InChI=1S/C28H38N4O6/c1-5-27(6-2,19-23(33)34)25(37)29-31(21-15-11-9-12-16-21)32(22-17-13-10-14-18-22)30-26(38)28(7-3,8-4)20-24(35)36/h9-18H,5-8,19-20H2,1-4H3,(H,29,37)(H,30,38)(H,33,34)(H,35,36). The van der Waals surface area contributed by atoms with Crippen molar-refractivity contribution in [3.63, 3.8) is 0 Å². The van der Waals surface area contributed by atoms with Crippen molar-refractivity contribution in [2.75, 3.05) is 10.2 Å². The monoisotopic (exact) mass is 526 g/mol. The molecule has 2 aromatic carbocycles. The molecule has 2 rings (SSSR count). The highest BCUT2D eigenvalue weighted by Gasteiger charge is 2.41. The molecule has 0 saturated carbocycles. The lowest BCUT2D eigenvalue weighted by Crippen LogP contribution is -2.64. The number of hydrogen-bond donors (Lipinski definition) is 4. The van der Waals surface area contributed by atoms with Crippen molar-refractivity contribution in [2.45, 2.75) is 66.2 Å². The zero-order valence-electron chi connectivity index (χ0n) is 22.4. The molecule has 4 N–H and O–H groups in total. The lowest BCUT2D eigenvalue weighted by Gasteiger charge is -2.41. The molecule has 0 heterocycles. The summed E-state index contributed by atoms with van der Waals surface area (Å²) in [5.74, 6) is -3.22. The van der Waals surface area contributed by atoms with E-state index in [9.17, 15) is 29.4 Å². The normalized spacial score (nSPS) is 11.4. The molecule has 0 aliphatic carbocycles. The fraction of sp³-hybridized carbons (Fsp3) is 0.429. The van der Waals surface area contributed by atoms with Crippen LogP contribution in [0.2, 0.25) is 0 Å². The molecule has 2 amide bonds. The lowest BCUT2D eigenvalue weighted by atomic mass is 9.78. The Morgan fingerprint density at radius 2 is 0.895 bits per heavy atom. The van der Waals surface area contributed by atoms with Crippen molar-refractivity contribution in [3.05, 3.63) is 60.7 Å². The fourth-order valence-electron chi connectivity index (χ4n) is 4.41. The number of nitrogens with zero attached hydrogens (tertiary/aromatic N) is 2. The van der Waals surface area contributed by atoms with Crippen LogP contribution in [0.25, 0.3) is 0 Å². The van der Waals surface area contributed by atoms with Crippen LogP contribution < -0.4 is 21.1 Å². The van der Waals surface area contributed by atoms with Crippen LogP contribution in [0.3, 0.4) is 0 Å². The van der Waals surface area contributed by atoms with Crippen molar-refractivity contribution < 1.29 is 29.4 Å². The number of hydrogen-bond acceptors (Lipinski definition) is 6. The minimum absolute atomic E-state index is 0.287. The number of carboxylic acids is 2. The molecule has 10 heteroatoms. The lowest BCUT2D eigenvalue weighted by molar-refractivity contribution is -0.146. The van der Waals surface area contributed by atoms with E-state index in [0.29, 0.717) is 11.4 Å². The Hall–Kier alpha value is -4.08. The zero-order valence-corrected chi connectivity index (χ0v) is 22.4. The van der Waals surface area contributed by atoms with Gasteiger partial charge in [0, 0.05) is 0 Å². The van der Waals surface area contributed by atoms with E-state index < -0.39 is 34.6 Å². The quantitative estimate of drug-likeness (QED) is 0.248. The minimum Gasteiger partial charge on any atom is -0.481 e. The first-order valence-corrected chi connectivity index (χ1v) is 12.8. The topological polar surface area (TPSA) is 139 Å². The highest BCUT2D eigenvalue weighted by atomic mass is 16.4. The van der Waals surface area contributed by atoms with Crippen molar-refractivity contribution in [1.82, 2.24) is 10.9 Å². The fourth-order valence-corrected chi connectivity index (χ4v) is 4.41. The third-order valence-corrected chi connectivity index (χ3v) is 7.27. The smallest absolute Gasteiger partial charge is 0.304 e. The molecule has 0 aliphatic heterocycles. The molecular weight excluding hydrogens is 488 g/mol. The van der Waals surface area contributed by atoms with Gasteiger partial charge in [0.2, 0.25) is 11.8 Å². The molecule has 0 aromatic heterocycles. The number of carbonyl (C=O) groups is 4. The Morgan fingerprint density at radius 3 is 1.13 bits per heavy atom. The van der Waals surface area contributed by atoms with Gasteiger partial charge in [-0.1, -0.05) is 64.1 Å². The molecular formula is C28H38N4O6. The third-order valence-electron chi connectivity index (χ3n) is 7.27. The summed E-state index contributed by atoms with van der Waals surface area (Å²) in [4.78, 5) is 50.7. The summed E-state index contributed by atoms with van der Waals surface area (Å²) in [6, 6.07) is 17.5. The number of carboxylic acid groups (broad SMARTS) is 2. The van der Waals surface area contributed by atoms with Gasteiger partial charge in [-0.05, 0) is 49.9 Å². The summed E-state index contributed by atoms with van der Waals surface area (Å²) in [6.07, 6.45) is 0.425. The molecule has 0 aliphatic rings. The summed E-state index contributed by atoms with van der Waals surface area (Å²) >= 11 is 0. The van der Waals surface area contributed by atoms with Gasteiger partial charge in [0.05, 0.1) is 35.0 Å². The summed E-state index contributed by atoms with van der Waals surface area (Å²) < 4.78 is 0. The first-order chi connectivity index (χ1) is 18.1. The number of rotatable bonds is 15. The van der Waals surface area contributed by atoms with Crippen LogP contribution in [0.4, 0.5) is 11.4 Å². The van der Waals surface area contributed by atoms with Gasteiger partial charge in [-0.15, -0.1) is 0 Å². The van der Waals surface area contributed by atoms with E-state index in [2.05, 4.69) is 10.9 Å². The van der Waals surface area contributed by atoms with E-state index in [1.54, 1.807) is 88.4 Å². The van der Waals surface area contributed by atoms with Crippen LogP contribution in [-0.4, -0.2) is 34.0 Å². The number of hydrazine groups is 3. The molecule has 0 radical (unpaired) electrons. The second-order valence-corrected chi connectivity index (χ2v) is 9.29. The molecule has 0 spiro atoms. The van der Waals surface area contributed by atoms with E-state index in [1.165, 1.54) is 10.2 Å². The first kappa shape index (κ1) is 30.1. The Kier molecular flexibility index (Phi) is 10.7. The summed E-state index contributed by atoms with van der Waals surface area (Å²) in [5, 5.41) is 21.8. The Bertz CT molecular complexity index is 998. The van der Waals surface area contributed by atoms with Crippen molar-refractivity contribution >= 4 is 35.1 Å². The maximum absolute atomic E-state index is 13.7. The van der Waals surface area contributed by atoms with E-state index in [0.717, 1.165) is 0 Å². The summed E-state index contributed by atoms with van der Waals surface area (Å²) in [7, 11) is 0.